The van der Waals surface area contributed by atoms with Gasteiger partial charge in [-0.25, -0.2) is 0 Å². The normalized spacial score (nSPS) is 19.2. The molecule has 0 unspecified atom stereocenters. The quantitative estimate of drug-likeness (QED) is 0.696. The van der Waals surface area contributed by atoms with Gasteiger partial charge in [0.15, 0.2) is 0 Å². The average molecular weight is 179 g/mol. The molecule has 0 bridgehead atoms. The predicted octanol–water partition coefficient (Wildman–Crippen LogP) is 3.28. The molecule has 2 heteroatoms. The zero-order valence-corrected chi connectivity index (χ0v) is 8.25. The second-order valence-corrected chi connectivity index (χ2v) is 3.91. The second kappa shape index (κ2) is 3.95. The molecule has 1 aromatic heterocycles. The van der Waals surface area contributed by atoms with Crippen molar-refractivity contribution in [3.05, 3.63) is 17.5 Å². The fraction of sp³-hybridized carbons (Fsp3) is 0.727. The van der Waals surface area contributed by atoms with Gasteiger partial charge in [0.2, 0.25) is 0 Å². The molecule has 1 aromatic rings. The molecule has 0 spiro atoms. The van der Waals surface area contributed by atoms with Crippen molar-refractivity contribution in [2.24, 2.45) is 0 Å². The Morgan fingerprint density at radius 3 is 2.77 bits per heavy atom. The van der Waals surface area contributed by atoms with E-state index in [4.69, 9.17) is 4.52 Å². The second-order valence-electron chi connectivity index (χ2n) is 3.91. The van der Waals surface area contributed by atoms with E-state index >= 15 is 0 Å². The third-order valence-electron chi connectivity index (χ3n) is 2.95. The van der Waals surface area contributed by atoms with E-state index in [9.17, 15) is 0 Å². The van der Waals surface area contributed by atoms with Crippen molar-refractivity contribution in [1.29, 1.82) is 0 Å². The maximum Gasteiger partial charge on any atom is 0.136 e. The standard InChI is InChI=1S/C11H17NO/c1-2-10-8-11(12-13-10)9-6-4-3-5-7-9/h8-9H,2-7H2,1H3. The Balaban J connectivity index is 2.05. The van der Waals surface area contributed by atoms with E-state index in [2.05, 4.69) is 18.1 Å². The highest BCUT2D eigenvalue weighted by molar-refractivity contribution is 5.11. The lowest BCUT2D eigenvalue weighted by atomic mass is 9.87. The average Bonchev–Trinajstić information content (AvgIpc) is 2.67. The molecule has 2 rings (SSSR count). The van der Waals surface area contributed by atoms with Crippen molar-refractivity contribution < 1.29 is 4.52 Å². The van der Waals surface area contributed by atoms with E-state index in [0.29, 0.717) is 5.92 Å². The van der Waals surface area contributed by atoms with Gasteiger partial charge >= 0.3 is 0 Å². The number of hydrogen-bond donors (Lipinski definition) is 0. The summed E-state index contributed by atoms with van der Waals surface area (Å²) in [5.74, 6) is 1.71. The van der Waals surface area contributed by atoms with Gasteiger partial charge in [-0.2, -0.15) is 0 Å². The summed E-state index contributed by atoms with van der Waals surface area (Å²) in [5.41, 5.74) is 1.19. The van der Waals surface area contributed by atoms with E-state index in [1.807, 2.05) is 0 Å². The van der Waals surface area contributed by atoms with E-state index in [1.54, 1.807) is 0 Å². The Hall–Kier alpha value is -0.790. The van der Waals surface area contributed by atoms with Crippen LogP contribution in [0.5, 0.6) is 0 Å². The van der Waals surface area contributed by atoms with Crippen LogP contribution in [-0.2, 0) is 6.42 Å². The molecule has 1 heterocycles. The van der Waals surface area contributed by atoms with Crippen LogP contribution < -0.4 is 0 Å². The molecule has 0 atom stereocenters. The molecule has 1 saturated carbocycles. The number of hydrogen-bond acceptors (Lipinski definition) is 2. The summed E-state index contributed by atoms with van der Waals surface area (Å²) in [6.07, 6.45) is 7.68. The Morgan fingerprint density at radius 2 is 2.15 bits per heavy atom. The lowest BCUT2D eigenvalue weighted by Crippen LogP contribution is -2.04. The van der Waals surface area contributed by atoms with Crippen LogP contribution in [-0.4, -0.2) is 5.16 Å². The fourth-order valence-corrected chi connectivity index (χ4v) is 2.09. The van der Waals surface area contributed by atoms with Gasteiger partial charge in [-0.05, 0) is 12.8 Å². The fourth-order valence-electron chi connectivity index (χ4n) is 2.09. The molecule has 1 fully saturated rings. The molecule has 0 amide bonds. The van der Waals surface area contributed by atoms with Crippen LogP contribution in [0.25, 0.3) is 0 Å². The minimum atomic E-state index is 0.679. The molecule has 1 aliphatic carbocycles. The first-order valence-corrected chi connectivity index (χ1v) is 5.35. The van der Waals surface area contributed by atoms with Crippen LogP contribution in [0.15, 0.2) is 10.6 Å². The Labute approximate surface area is 79.3 Å². The number of aromatic nitrogens is 1. The van der Waals surface area contributed by atoms with Crippen molar-refractivity contribution in [3.8, 4) is 0 Å². The predicted molar refractivity (Wildman–Crippen MR) is 51.7 cm³/mol. The summed E-state index contributed by atoms with van der Waals surface area (Å²) in [7, 11) is 0. The van der Waals surface area contributed by atoms with Crippen molar-refractivity contribution in [2.45, 2.75) is 51.4 Å². The first-order chi connectivity index (χ1) is 6.40. The lowest BCUT2D eigenvalue weighted by Gasteiger charge is -2.18. The molecule has 13 heavy (non-hydrogen) atoms. The van der Waals surface area contributed by atoms with Gasteiger partial charge in [0, 0.05) is 18.4 Å². The third-order valence-corrected chi connectivity index (χ3v) is 2.95. The van der Waals surface area contributed by atoms with E-state index in [0.717, 1.165) is 12.2 Å². The van der Waals surface area contributed by atoms with E-state index in [1.165, 1.54) is 37.8 Å². The molecule has 0 N–H and O–H groups in total. The van der Waals surface area contributed by atoms with E-state index < -0.39 is 0 Å². The van der Waals surface area contributed by atoms with Crippen LogP contribution in [0.4, 0.5) is 0 Å². The van der Waals surface area contributed by atoms with Gasteiger partial charge in [0.1, 0.15) is 5.76 Å². The Morgan fingerprint density at radius 1 is 1.38 bits per heavy atom. The summed E-state index contributed by atoms with van der Waals surface area (Å²) < 4.78 is 5.22. The summed E-state index contributed by atoms with van der Waals surface area (Å²) in [4.78, 5) is 0. The van der Waals surface area contributed by atoms with Crippen molar-refractivity contribution in [2.75, 3.05) is 0 Å². The highest BCUT2D eigenvalue weighted by Gasteiger charge is 2.18. The molecule has 72 valence electrons. The maximum atomic E-state index is 5.22. The summed E-state index contributed by atoms with van der Waals surface area (Å²) in [6.45, 7) is 2.10. The Kier molecular flexibility index (Phi) is 2.67. The lowest BCUT2D eigenvalue weighted by molar-refractivity contribution is 0.360. The van der Waals surface area contributed by atoms with Gasteiger partial charge in [0.25, 0.3) is 0 Å². The number of rotatable bonds is 2. The van der Waals surface area contributed by atoms with Gasteiger partial charge in [-0.3, -0.25) is 0 Å². The van der Waals surface area contributed by atoms with Gasteiger partial charge in [-0.1, -0.05) is 31.3 Å². The minimum Gasteiger partial charge on any atom is -0.361 e. The molecule has 0 aromatic carbocycles. The van der Waals surface area contributed by atoms with Crippen LogP contribution >= 0.6 is 0 Å². The number of aryl methyl sites for hydroxylation is 1. The molecule has 0 saturated heterocycles. The first-order valence-electron chi connectivity index (χ1n) is 5.35. The van der Waals surface area contributed by atoms with Crippen molar-refractivity contribution >= 4 is 0 Å². The topological polar surface area (TPSA) is 26.0 Å². The zero-order valence-electron chi connectivity index (χ0n) is 8.25. The summed E-state index contributed by atoms with van der Waals surface area (Å²) in [6, 6.07) is 2.13. The summed E-state index contributed by atoms with van der Waals surface area (Å²) >= 11 is 0. The van der Waals surface area contributed by atoms with Crippen LogP contribution in [0.3, 0.4) is 0 Å². The molecule has 2 nitrogen and oxygen atoms in total. The first kappa shape index (κ1) is 8.79. The molecule has 0 radical (unpaired) electrons. The third kappa shape index (κ3) is 1.93. The molecular formula is C11H17NO. The van der Waals surface area contributed by atoms with Crippen LogP contribution in [0.2, 0.25) is 0 Å². The van der Waals surface area contributed by atoms with E-state index in [-0.39, 0.29) is 0 Å². The van der Waals surface area contributed by atoms with Crippen molar-refractivity contribution in [3.63, 3.8) is 0 Å². The van der Waals surface area contributed by atoms with Gasteiger partial charge < -0.3 is 4.52 Å². The molecule has 0 aliphatic heterocycles. The summed E-state index contributed by atoms with van der Waals surface area (Å²) in [5, 5.41) is 4.14. The largest absolute Gasteiger partial charge is 0.361 e. The highest BCUT2D eigenvalue weighted by Crippen LogP contribution is 2.32. The number of nitrogens with zero attached hydrogens (tertiary/aromatic N) is 1. The molecular weight excluding hydrogens is 162 g/mol. The Bertz CT molecular complexity index is 261. The van der Waals surface area contributed by atoms with Gasteiger partial charge in [-0.15, -0.1) is 0 Å². The smallest absolute Gasteiger partial charge is 0.136 e. The van der Waals surface area contributed by atoms with Crippen LogP contribution in [0, 0.1) is 0 Å². The van der Waals surface area contributed by atoms with Gasteiger partial charge in [0.05, 0.1) is 5.69 Å². The monoisotopic (exact) mass is 179 g/mol. The van der Waals surface area contributed by atoms with Crippen LogP contribution in [0.1, 0.15) is 56.4 Å². The van der Waals surface area contributed by atoms with Crippen molar-refractivity contribution in [1.82, 2.24) is 5.16 Å². The molecule has 1 aliphatic rings. The maximum absolute atomic E-state index is 5.22. The highest BCUT2D eigenvalue weighted by atomic mass is 16.5. The minimum absolute atomic E-state index is 0.679. The zero-order chi connectivity index (χ0) is 9.10. The SMILES string of the molecule is CCc1cc(C2CCCCC2)no1.